The molecule has 2 aromatic rings. The standard InChI is InChI=1S/C16H18FNO2S/c1-9-12-8-11(17)4-5-14(12)21-15(9)16(20)18-13(6-7-19)10-2-3-10/h4-5,8,10,13,19H,2-3,6-7H2,1H3,(H,18,20). The van der Waals surface area contributed by atoms with Crippen molar-refractivity contribution < 1.29 is 14.3 Å². The summed E-state index contributed by atoms with van der Waals surface area (Å²) in [7, 11) is 0. The predicted octanol–water partition coefficient (Wildman–Crippen LogP) is 3.24. The number of carbonyl (C=O) groups is 1. The van der Waals surface area contributed by atoms with Crippen LogP contribution >= 0.6 is 11.3 Å². The molecule has 1 aromatic carbocycles. The Morgan fingerprint density at radius 2 is 2.29 bits per heavy atom. The molecule has 1 aliphatic rings. The van der Waals surface area contributed by atoms with Gasteiger partial charge in [-0.15, -0.1) is 11.3 Å². The molecular formula is C16H18FNO2S. The topological polar surface area (TPSA) is 49.3 Å². The van der Waals surface area contributed by atoms with Gasteiger partial charge in [-0.1, -0.05) is 0 Å². The van der Waals surface area contributed by atoms with Crippen LogP contribution in [0.25, 0.3) is 10.1 Å². The highest BCUT2D eigenvalue weighted by atomic mass is 32.1. The van der Waals surface area contributed by atoms with Crippen molar-refractivity contribution in [1.29, 1.82) is 0 Å². The van der Waals surface area contributed by atoms with Crippen LogP contribution < -0.4 is 5.32 Å². The molecule has 1 fully saturated rings. The smallest absolute Gasteiger partial charge is 0.261 e. The first-order chi connectivity index (χ1) is 10.1. The van der Waals surface area contributed by atoms with E-state index in [0.29, 0.717) is 17.2 Å². The van der Waals surface area contributed by atoms with Crippen molar-refractivity contribution in [3.63, 3.8) is 0 Å². The molecule has 1 aliphatic carbocycles. The Morgan fingerprint density at radius 1 is 1.52 bits per heavy atom. The molecule has 0 aliphatic heterocycles. The van der Waals surface area contributed by atoms with Gasteiger partial charge in [-0.3, -0.25) is 4.79 Å². The quantitative estimate of drug-likeness (QED) is 0.891. The van der Waals surface area contributed by atoms with Crippen molar-refractivity contribution in [2.75, 3.05) is 6.61 Å². The van der Waals surface area contributed by atoms with Crippen molar-refractivity contribution in [3.05, 3.63) is 34.5 Å². The van der Waals surface area contributed by atoms with Gasteiger partial charge in [0.25, 0.3) is 5.91 Å². The van der Waals surface area contributed by atoms with Gasteiger partial charge in [0.1, 0.15) is 5.82 Å². The molecule has 0 bridgehead atoms. The molecule has 1 amide bonds. The van der Waals surface area contributed by atoms with Crippen molar-refractivity contribution in [2.24, 2.45) is 5.92 Å². The van der Waals surface area contributed by atoms with Crippen LogP contribution in [0, 0.1) is 18.7 Å². The fraction of sp³-hybridized carbons (Fsp3) is 0.438. The third-order valence-corrected chi connectivity index (χ3v) is 5.32. The van der Waals surface area contributed by atoms with Gasteiger partial charge in [-0.05, 0) is 61.3 Å². The van der Waals surface area contributed by atoms with E-state index in [1.165, 1.54) is 23.5 Å². The van der Waals surface area contributed by atoms with Gasteiger partial charge in [0.2, 0.25) is 0 Å². The molecule has 1 heterocycles. The normalized spacial score (nSPS) is 16.1. The summed E-state index contributed by atoms with van der Waals surface area (Å²) in [6.07, 6.45) is 2.82. The summed E-state index contributed by atoms with van der Waals surface area (Å²) >= 11 is 1.39. The lowest BCUT2D eigenvalue weighted by Gasteiger charge is -2.16. The first-order valence-electron chi connectivity index (χ1n) is 7.20. The van der Waals surface area contributed by atoms with E-state index in [1.54, 1.807) is 6.07 Å². The van der Waals surface area contributed by atoms with Gasteiger partial charge >= 0.3 is 0 Å². The van der Waals surface area contributed by atoms with Crippen LogP contribution in [0.4, 0.5) is 4.39 Å². The van der Waals surface area contributed by atoms with Gasteiger partial charge in [-0.2, -0.15) is 0 Å². The molecule has 1 atom stereocenters. The molecule has 0 saturated heterocycles. The predicted molar refractivity (Wildman–Crippen MR) is 82.2 cm³/mol. The summed E-state index contributed by atoms with van der Waals surface area (Å²) in [5.41, 5.74) is 0.825. The summed E-state index contributed by atoms with van der Waals surface area (Å²) in [6, 6.07) is 4.65. The molecule has 1 unspecified atom stereocenters. The highest BCUT2D eigenvalue weighted by Gasteiger charge is 2.32. The zero-order valence-electron chi connectivity index (χ0n) is 11.9. The van der Waals surface area contributed by atoms with E-state index in [1.807, 2.05) is 6.92 Å². The molecule has 1 aromatic heterocycles. The lowest BCUT2D eigenvalue weighted by molar-refractivity contribution is 0.0928. The van der Waals surface area contributed by atoms with E-state index < -0.39 is 0 Å². The van der Waals surface area contributed by atoms with Crippen molar-refractivity contribution >= 4 is 27.3 Å². The van der Waals surface area contributed by atoms with Gasteiger partial charge in [0.05, 0.1) is 4.88 Å². The number of hydrogen-bond donors (Lipinski definition) is 2. The van der Waals surface area contributed by atoms with Crippen LogP contribution in [0.15, 0.2) is 18.2 Å². The SMILES string of the molecule is Cc1c(C(=O)NC(CCO)C2CC2)sc2ccc(F)cc12. The molecule has 21 heavy (non-hydrogen) atoms. The summed E-state index contributed by atoms with van der Waals surface area (Å²) < 4.78 is 14.2. The average Bonchev–Trinajstić information content (AvgIpc) is 3.24. The average molecular weight is 307 g/mol. The van der Waals surface area contributed by atoms with Gasteiger partial charge in [0.15, 0.2) is 0 Å². The Bertz CT molecular complexity index is 678. The summed E-state index contributed by atoms with van der Waals surface area (Å²) in [5, 5.41) is 12.9. The zero-order valence-corrected chi connectivity index (χ0v) is 12.7. The highest BCUT2D eigenvalue weighted by Crippen LogP contribution is 2.35. The van der Waals surface area contributed by atoms with Crippen molar-refractivity contribution in [3.8, 4) is 0 Å². The fourth-order valence-corrected chi connectivity index (χ4v) is 3.80. The number of thiophene rings is 1. The largest absolute Gasteiger partial charge is 0.396 e. The number of aliphatic hydroxyl groups excluding tert-OH is 1. The van der Waals surface area contributed by atoms with Gasteiger partial charge < -0.3 is 10.4 Å². The summed E-state index contributed by atoms with van der Waals surface area (Å²) in [4.78, 5) is 13.1. The zero-order chi connectivity index (χ0) is 15.0. The second kappa shape index (κ2) is 5.73. The van der Waals surface area contributed by atoms with E-state index in [0.717, 1.165) is 28.5 Å². The molecule has 2 N–H and O–H groups in total. The molecule has 5 heteroatoms. The van der Waals surface area contributed by atoms with Crippen molar-refractivity contribution in [1.82, 2.24) is 5.32 Å². The maximum atomic E-state index is 13.3. The van der Waals surface area contributed by atoms with Crippen LogP contribution in [0.1, 0.15) is 34.5 Å². The molecule has 0 radical (unpaired) electrons. The minimum absolute atomic E-state index is 0.0452. The first kappa shape index (κ1) is 14.5. The Morgan fingerprint density at radius 3 is 2.95 bits per heavy atom. The number of halogens is 1. The Labute approximate surface area is 126 Å². The first-order valence-corrected chi connectivity index (χ1v) is 8.02. The monoisotopic (exact) mass is 307 g/mol. The van der Waals surface area contributed by atoms with Gasteiger partial charge in [-0.25, -0.2) is 4.39 Å². The Balaban J connectivity index is 1.85. The number of aryl methyl sites for hydroxylation is 1. The van der Waals surface area contributed by atoms with E-state index in [-0.39, 0.29) is 24.4 Å². The molecule has 0 spiro atoms. The van der Waals surface area contributed by atoms with Crippen molar-refractivity contribution in [2.45, 2.75) is 32.2 Å². The summed E-state index contributed by atoms with van der Waals surface area (Å²) in [5.74, 6) is 0.0965. The maximum absolute atomic E-state index is 13.3. The molecule has 112 valence electrons. The van der Waals surface area contributed by atoms with Crippen LogP contribution in [0.2, 0.25) is 0 Å². The number of nitrogens with one attached hydrogen (secondary N) is 1. The minimum atomic E-state index is -0.286. The number of hydrogen-bond acceptors (Lipinski definition) is 3. The van der Waals surface area contributed by atoms with E-state index >= 15 is 0 Å². The Kier molecular flexibility index (Phi) is 3.95. The van der Waals surface area contributed by atoms with E-state index in [2.05, 4.69) is 5.32 Å². The number of amides is 1. The Hall–Kier alpha value is -1.46. The van der Waals surface area contributed by atoms with Crippen LogP contribution in [-0.4, -0.2) is 23.7 Å². The third kappa shape index (κ3) is 2.94. The lowest BCUT2D eigenvalue weighted by atomic mass is 10.1. The van der Waals surface area contributed by atoms with E-state index in [9.17, 15) is 9.18 Å². The number of aliphatic hydroxyl groups is 1. The number of benzene rings is 1. The van der Waals surface area contributed by atoms with Crippen LogP contribution in [-0.2, 0) is 0 Å². The summed E-state index contributed by atoms with van der Waals surface area (Å²) in [6.45, 7) is 1.93. The van der Waals surface area contributed by atoms with Crippen LogP contribution in [0.3, 0.4) is 0 Å². The lowest BCUT2D eigenvalue weighted by Crippen LogP contribution is -2.37. The fourth-order valence-electron chi connectivity index (χ4n) is 2.71. The molecule has 3 rings (SSSR count). The number of carbonyl (C=O) groups excluding carboxylic acids is 1. The van der Waals surface area contributed by atoms with Gasteiger partial charge in [0, 0.05) is 17.3 Å². The molecular weight excluding hydrogens is 289 g/mol. The second-order valence-electron chi connectivity index (χ2n) is 5.63. The molecule has 3 nitrogen and oxygen atoms in total. The highest BCUT2D eigenvalue weighted by molar-refractivity contribution is 7.21. The maximum Gasteiger partial charge on any atom is 0.261 e. The van der Waals surface area contributed by atoms with Crippen LogP contribution in [0.5, 0.6) is 0 Å². The number of rotatable bonds is 5. The number of fused-ring (bicyclic) bond motifs is 1. The third-order valence-electron chi connectivity index (χ3n) is 4.05. The molecule has 1 saturated carbocycles. The minimum Gasteiger partial charge on any atom is -0.396 e. The second-order valence-corrected chi connectivity index (χ2v) is 6.68. The van der Waals surface area contributed by atoms with E-state index in [4.69, 9.17) is 5.11 Å².